The van der Waals surface area contributed by atoms with E-state index in [9.17, 15) is 8.78 Å². The molecule has 0 aromatic heterocycles. The van der Waals surface area contributed by atoms with Crippen molar-refractivity contribution in [3.05, 3.63) is 29.8 Å². The number of nitrogens with zero attached hydrogens (tertiary/aromatic N) is 1. The van der Waals surface area contributed by atoms with E-state index in [4.69, 9.17) is 0 Å². The molecule has 92 valence electrons. The number of benzene rings is 1. The Morgan fingerprint density at radius 3 is 2.76 bits per heavy atom. The molecule has 0 bridgehead atoms. The summed E-state index contributed by atoms with van der Waals surface area (Å²) in [6, 6.07) is 3.75. The van der Waals surface area contributed by atoms with Gasteiger partial charge in [-0.1, -0.05) is 25.6 Å². The van der Waals surface area contributed by atoms with Gasteiger partial charge < -0.3 is 5.32 Å². The standard InChI is InChI=1S/C12H14F2N2S/c1-7(2)11-6-17-12(16-11)15-10-4-3-8(13)5-9(10)14/h3-5,7,11H,6H2,1-2H3,(H,15,16). The first-order valence-electron chi connectivity index (χ1n) is 5.49. The summed E-state index contributed by atoms with van der Waals surface area (Å²) in [6.07, 6.45) is 0. The van der Waals surface area contributed by atoms with E-state index in [1.165, 1.54) is 12.1 Å². The highest BCUT2D eigenvalue weighted by Crippen LogP contribution is 2.25. The molecule has 5 heteroatoms. The average molecular weight is 256 g/mol. The zero-order valence-corrected chi connectivity index (χ0v) is 10.5. The smallest absolute Gasteiger partial charge is 0.161 e. The van der Waals surface area contributed by atoms with Crippen molar-refractivity contribution in [3.8, 4) is 0 Å². The van der Waals surface area contributed by atoms with Gasteiger partial charge in [0.2, 0.25) is 0 Å². The molecule has 1 aliphatic heterocycles. The number of amidine groups is 1. The van der Waals surface area contributed by atoms with Crippen LogP contribution in [0.5, 0.6) is 0 Å². The van der Waals surface area contributed by atoms with Crippen LogP contribution < -0.4 is 5.32 Å². The highest BCUT2D eigenvalue weighted by molar-refractivity contribution is 8.14. The Morgan fingerprint density at radius 1 is 1.41 bits per heavy atom. The molecular weight excluding hydrogens is 242 g/mol. The number of hydrogen-bond acceptors (Lipinski definition) is 3. The average Bonchev–Trinajstić information content (AvgIpc) is 2.71. The van der Waals surface area contributed by atoms with Gasteiger partial charge in [0.1, 0.15) is 11.6 Å². The van der Waals surface area contributed by atoms with Gasteiger partial charge in [-0.15, -0.1) is 0 Å². The van der Waals surface area contributed by atoms with Crippen molar-refractivity contribution in [2.75, 3.05) is 11.1 Å². The molecule has 0 spiro atoms. The summed E-state index contributed by atoms with van der Waals surface area (Å²) in [5.74, 6) is 0.207. The second-order valence-corrected chi connectivity index (χ2v) is 5.31. The zero-order chi connectivity index (χ0) is 12.4. The number of halogens is 2. The van der Waals surface area contributed by atoms with E-state index in [2.05, 4.69) is 24.2 Å². The van der Waals surface area contributed by atoms with Crippen LogP contribution in [-0.4, -0.2) is 17.0 Å². The molecule has 1 N–H and O–H groups in total. The summed E-state index contributed by atoms with van der Waals surface area (Å²) in [6.45, 7) is 4.21. The van der Waals surface area contributed by atoms with Gasteiger partial charge in [0.15, 0.2) is 5.17 Å². The van der Waals surface area contributed by atoms with Gasteiger partial charge in [0, 0.05) is 11.8 Å². The second kappa shape index (κ2) is 5.04. The van der Waals surface area contributed by atoms with Crippen molar-refractivity contribution in [2.24, 2.45) is 10.9 Å². The monoisotopic (exact) mass is 256 g/mol. The highest BCUT2D eigenvalue weighted by Gasteiger charge is 2.21. The fraction of sp³-hybridized carbons (Fsp3) is 0.417. The lowest BCUT2D eigenvalue weighted by molar-refractivity contribution is 0.543. The Balaban J connectivity index is 2.09. The fourth-order valence-electron chi connectivity index (χ4n) is 1.51. The molecule has 0 aliphatic carbocycles. The molecule has 0 fully saturated rings. The molecule has 1 atom stereocenters. The van der Waals surface area contributed by atoms with E-state index in [1.807, 2.05) is 0 Å². The molecule has 1 aromatic rings. The number of aliphatic imine (C=N–C) groups is 1. The number of anilines is 1. The summed E-state index contributed by atoms with van der Waals surface area (Å²) < 4.78 is 26.1. The third kappa shape index (κ3) is 2.97. The molecule has 0 saturated carbocycles. The van der Waals surface area contributed by atoms with E-state index in [-0.39, 0.29) is 11.7 Å². The van der Waals surface area contributed by atoms with Crippen molar-refractivity contribution in [1.82, 2.24) is 0 Å². The van der Waals surface area contributed by atoms with Crippen LogP contribution in [0.2, 0.25) is 0 Å². The van der Waals surface area contributed by atoms with Crippen LogP contribution in [0.1, 0.15) is 13.8 Å². The third-order valence-corrected chi connectivity index (χ3v) is 3.61. The molecule has 1 unspecified atom stereocenters. The van der Waals surface area contributed by atoms with Gasteiger partial charge in [-0.05, 0) is 18.1 Å². The van der Waals surface area contributed by atoms with Crippen LogP contribution in [0.25, 0.3) is 0 Å². The van der Waals surface area contributed by atoms with Gasteiger partial charge in [-0.3, -0.25) is 4.99 Å². The molecule has 1 heterocycles. The summed E-state index contributed by atoms with van der Waals surface area (Å²) in [4.78, 5) is 4.45. The normalized spacial score (nSPS) is 19.6. The van der Waals surface area contributed by atoms with E-state index in [0.717, 1.165) is 11.8 Å². The predicted octanol–water partition coefficient (Wildman–Crippen LogP) is 3.50. The van der Waals surface area contributed by atoms with Crippen LogP contribution in [0, 0.1) is 17.6 Å². The minimum Gasteiger partial charge on any atom is -0.333 e. The van der Waals surface area contributed by atoms with Crippen LogP contribution in [-0.2, 0) is 0 Å². The lowest BCUT2D eigenvalue weighted by atomic mass is 10.1. The van der Waals surface area contributed by atoms with E-state index < -0.39 is 11.6 Å². The quantitative estimate of drug-likeness (QED) is 0.875. The minimum atomic E-state index is -0.596. The van der Waals surface area contributed by atoms with E-state index in [1.54, 1.807) is 11.8 Å². The Hall–Kier alpha value is -1.10. The number of rotatable bonds is 2. The van der Waals surface area contributed by atoms with Gasteiger partial charge in [0.05, 0.1) is 11.7 Å². The van der Waals surface area contributed by atoms with Crippen molar-refractivity contribution >= 4 is 22.6 Å². The Kier molecular flexibility index (Phi) is 3.66. The highest BCUT2D eigenvalue weighted by atomic mass is 32.2. The fourth-order valence-corrected chi connectivity index (χ4v) is 2.69. The Morgan fingerprint density at radius 2 is 2.18 bits per heavy atom. The number of nitrogens with one attached hydrogen (secondary N) is 1. The van der Waals surface area contributed by atoms with Crippen LogP contribution >= 0.6 is 11.8 Å². The molecular formula is C12H14F2N2S. The van der Waals surface area contributed by atoms with Crippen LogP contribution in [0.3, 0.4) is 0 Å². The third-order valence-electron chi connectivity index (χ3n) is 2.62. The summed E-state index contributed by atoms with van der Waals surface area (Å²) in [7, 11) is 0. The molecule has 1 aromatic carbocycles. The maximum atomic E-state index is 13.4. The first kappa shape index (κ1) is 12.4. The SMILES string of the molecule is CC(C)C1CSC(Nc2ccc(F)cc2F)=N1. The van der Waals surface area contributed by atoms with Gasteiger partial charge in [0.25, 0.3) is 0 Å². The zero-order valence-electron chi connectivity index (χ0n) is 9.71. The minimum absolute atomic E-state index is 0.266. The van der Waals surface area contributed by atoms with Crippen molar-refractivity contribution in [3.63, 3.8) is 0 Å². The van der Waals surface area contributed by atoms with E-state index in [0.29, 0.717) is 11.1 Å². The molecule has 2 rings (SSSR count). The predicted molar refractivity (Wildman–Crippen MR) is 68.5 cm³/mol. The van der Waals surface area contributed by atoms with Gasteiger partial charge in [-0.25, -0.2) is 8.78 Å². The molecule has 0 saturated heterocycles. The summed E-state index contributed by atoms with van der Waals surface area (Å²) >= 11 is 1.57. The van der Waals surface area contributed by atoms with Crippen molar-refractivity contribution in [1.29, 1.82) is 0 Å². The van der Waals surface area contributed by atoms with Crippen molar-refractivity contribution < 1.29 is 8.78 Å². The second-order valence-electron chi connectivity index (χ2n) is 4.31. The molecule has 1 aliphatic rings. The van der Waals surface area contributed by atoms with Crippen LogP contribution in [0.15, 0.2) is 23.2 Å². The van der Waals surface area contributed by atoms with Crippen molar-refractivity contribution in [2.45, 2.75) is 19.9 Å². The summed E-state index contributed by atoms with van der Waals surface area (Å²) in [5, 5.41) is 3.60. The van der Waals surface area contributed by atoms with Crippen LogP contribution in [0.4, 0.5) is 14.5 Å². The molecule has 17 heavy (non-hydrogen) atoms. The first-order chi connectivity index (χ1) is 8.06. The number of thioether (sulfide) groups is 1. The maximum Gasteiger partial charge on any atom is 0.161 e. The Bertz CT molecular complexity index is 446. The molecule has 0 radical (unpaired) electrons. The first-order valence-corrected chi connectivity index (χ1v) is 6.47. The largest absolute Gasteiger partial charge is 0.333 e. The topological polar surface area (TPSA) is 24.4 Å². The lowest BCUT2D eigenvalue weighted by Gasteiger charge is -2.08. The van der Waals surface area contributed by atoms with Gasteiger partial charge in [-0.2, -0.15) is 0 Å². The lowest BCUT2D eigenvalue weighted by Crippen LogP contribution is -2.12. The maximum absolute atomic E-state index is 13.4. The molecule has 2 nitrogen and oxygen atoms in total. The summed E-state index contributed by atoms with van der Waals surface area (Å²) in [5.41, 5.74) is 0.266. The van der Waals surface area contributed by atoms with E-state index >= 15 is 0 Å². The Labute approximate surface area is 104 Å². The molecule has 0 amide bonds. The number of hydrogen-bond donors (Lipinski definition) is 1. The van der Waals surface area contributed by atoms with Gasteiger partial charge >= 0.3 is 0 Å².